The van der Waals surface area contributed by atoms with Crippen LogP contribution in [0.4, 0.5) is 14.5 Å². The topological polar surface area (TPSA) is 90.0 Å². The predicted octanol–water partition coefficient (Wildman–Crippen LogP) is 2.52. The van der Waals surface area contributed by atoms with Crippen LogP contribution in [0.3, 0.4) is 0 Å². The standard InChI is InChI=1S/C23H30F2N4O4S/c1-16(2)26-23(31)17(3)28(14-18-6-8-19(24)9-7-18)22(30)15-29(34(32,33)27(4)5)21-12-10-20(25)11-13-21/h6-13,16-17H,14-15H2,1-5H3,(H,26,31)/t17-/m1/s1. The number of nitrogens with zero attached hydrogens (tertiary/aromatic N) is 3. The number of rotatable bonds is 10. The lowest BCUT2D eigenvalue weighted by molar-refractivity contribution is -0.139. The van der Waals surface area contributed by atoms with Crippen molar-refractivity contribution < 1.29 is 26.8 Å². The number of amides is 2. The highest BCUT2D eigenvalue weighted by Crippen LogP contribution is 2.21. The maximum absolute atomic E-state index is 13.4. The molecule has 8 nitrogen and oxygen atoms in total. The van der Waals surface area contributed by atoms with Gasteiger partial charge in [-0.05, 0) is 62.7 Å². The first-order chi connectivity index (χ1) is 15.8. The van der Waals surface area contributed by atoms with Gasteiger partial charge >= 0.3 is 10.2 Å². The first kappa shape index (κ1) is 27.2. The Morgan fingerprint density at radius 3 is 1.88 bits per heavy atom. The molecule has 34 heavy (non-hydrogen) atoms. The Bertz CT molecular complexity index is 1090. The average Bonchev–Trinajstić information content (AvgIpc) is 2.76. The van der Waals surface area contributed by atoms with Crippen LogP contribution in [0.25, 0.3) is 0 Å². The van der Waals surface area contributed by atoms with Crippen molar-refractivity contribution in [2.24, 2.45) is 0 Å². The van der Waals surface area contributed by atoms with Crippen molar-refractivity contribution in [2.75, 3.05) is 24.9 Å². The summed E-state index contributed by atoms with van der Waals surface area (Å²) >= 11 is 0. The Hall–Kier alpha value is -3.05. The van der Waals surface area contributed by atoms with Crippen molar-refractivity contribution in [3.05, 3.63) is 65.7 Å². The van der Waals surface area contributed by atoms with E-state index in [1.807, 2.05) is 0 Å². The fraction of sp³-hybridized carbons (Fsp3) is 0.391. The number of halogens is 2. The van der Waals surface area contributed by atoms with Gasteiger partial charge in [-0.2, -0.15) is 12.7 Å². The molecule has 0 fully saturated rings. The molecule has 0 bridgehead atoms. The first-order valence-corrected chi connectivity index (χ1v) is 12.0. The number of carbonyl (C=O) groups excluding carboxylic acids is 2. The summed E-state index contributed by atoms with van der Waals surface area (Å²) in [5.74, 6) is -2.10. The summed E-state index contributed by atoms with van der Waals surface area (Å²) < 4.78 is 54.6. The molecule has 0 saturated heterocycles. The van der Waals surface area contributed by atoms with Crippen LogP contribution in [0.2, 0.25) is 0 Å². The molecule has 0 aliphatic rings. The maximum Gasteiger partial charge on any atom is 0.304 e. The van der Waals surface area contributed by atoms with E-state index in [1.54, 1.807) is 13.8 Å². The van der Waals surface area contributed by atoms with E-state index < -0.39 is 46.2 Å². The van der Waals surface area contributed by atoms with Gasteiger partial charge in [0.05, 0.1) is 5.69 Å². The Kier molecular flexibility index (Phi) is 9.11. The summed E-state index contributed by atoms with van der Waals surface area (Å²) in [6.07, 6.45) is 0. The molecule has 2 aromatic carbocycles. The molecule has 0 radical (unpaired) electrons. The van der Waals surface area contributed by atoms with E-state index in [9.17, 15) is 26.8 Å². The van der Waals surface area contributed by atoms with Gasteiger partial charge in [0.1, 0.15) is 24.2 Å². The van der Waals surface area contributed by atoms with Crippen molar-refractivity contribution >= 4 is 27.7 Å². The van der Waals surface area contributed by atoms with Crippen LogP contribution in [-0.2, 0) is 26.3 Å². The lowest BCUT2D eigenvalue weighted by Crippen LogP contribution is -2.53. The van der Waals surface area contributed by atoms with Crippen molar-refractivity contribution in [3.8, 4) is 0 Å². The third-order valence-electron chi connectivity index (χ3n) is 5.00. The minimum Gasteiger partial charge on any atom is -0.352 e. The number of hydrogen-bond acceptors (Lipinski definition) is 4. The molecule has 1 N–H and O–H groups in total. The van der Waals surface area contributed by atoms with Crippen LogP contribution in [0.15, 0.2) is 48.5 Å². The molecule has 1 atom stereocenters. The highest BCUT2D eigenvalue weighted by atomic mass is 32.2. The summed E-state index contributed by atoms with van der Waals surface area (Å²) in [5, 5.41) is 2.74. The number of hydrogen-bond donors (Lipinski definition) is 1. The Labute approximate surface area is 199 Å². The monoisotopic (exact) mass is 496 g/mol. The second-order valence-corrected chi connectivity index (χ2v) is 10.3. The molecule has 0 unspecified atom stereocenters. The van der Waals surface area contributed by atoms with E-state index in [-0.39, 0.29) is 18.3 Å². The quantitative estimate of drug-likeness (QED) is 0.547. The molecular weight excluding hydrogens is 466 g/mol. The van der Waals surface area contributed by atoms with Crippen LogP contribution < -0.4 is 9.62 Å². The summed E-state index contributed by atoms with van der Waals surface area (Å²) in [7, 11) is -1.51. The molecule has 186 valence electrons. The zero-order valence-corrected chi connectivity index (χ0v) is 20.6. The molecular formula is C23H30F2N4O4S. The second-order valence-electron chi connectivity index (χ2n) is 8.26. The maximum atomic E-state index is 13.4. The van der Waals surface area contributed by atoms with Gasteiger partial charge < -0.3 is 10.2 Å². The molecule has 2 amide bonds. The summed E-state index contributed by atoms with van der Waals surface area (Å²) in [4.78, 5) is 27.4. The molecule has 0 saturated carbocycles. The zero-order chi connectivity index (χ0) is 25.6. The summed E-state index contributed by atoms with van der Waals surface area (Å²) in [6, 6.07) is 9.00. The van der Waals surface area contributed by atoms with Crippen LogP contribution in [0, 0.1) is 11.6 Å². The minimum absolute atomic E-state index is 0.0505. The van der Waals surface area contributed by atoms with Crippen LogP contribution >= 0.6 is 0 Å². The van der Waals surface area contributed by atoms with Gasteiger partial charge in [0.15, 0.2) is 0 Å². The fourth-order valence-electron chi connectivity index (χ4n) is 3.10. The van der Waals surface area contributed by atoms with Crippen molar-refractivity contribution in [1.82, 2.24) is 14.5 Å². The lowest BCUT2D eigenvalue weighted by atomic mass is 10.1. The summed E-state index contributed by atoms with van der Waals surface area (Å²) in [5.41, 5.74) is 0.646. The van der Waals surface area contributed by atoms with Crippen LogP contribution in [0.5, 0.6) is 0 Å². The first-order valence-electron chi connectivity index (χ1n) is 10.6. The third-order valence-corrected chi connectivity index (χ3v) is 6.82. The number of nitrogens with one attached hydrogen (secondary N) is 1. The van der Waals surface area contributed by atoms with Crippen LogP contribution in [0.1, 0.15) is 26.3 Å². The van der Waals surface area contributed by atoms with E-state index in [0.29, 0.717) is 5.56 Å². The third kappa shape index (κ3) is 6.97. The van der Waals surface area contributed by atoms with E-state index in [2.05, 4.69) is 5.32 Å². The highest BCUT2D eigenvalue weighted by molar-refractivity contribution is 7.90. The number of anilines is 1. The Morgan fingerprint density at radius 2 is 1.41 bits per heavy atom. The molecule has 0 aliphatic heterocycles. The van der Waals surface area contributed by atoms with Crippen molar-refractivity contribution in [2.45, 2.75) is 39.4 Å². The molecule has 0 aromatic heterocycles. The average molecular weight is 497 g/mol. The van der Waals surface area contributed by atoms with E-state index in [1.165, 1.54) is 62.3 Å². The zero-order valence-electron chi connectivity index (χ0n) is 19.8. The molecule has 11 heteroatoms. The van der Waals surface area contributed by atoms with Gasteiger partial charge in [0.25, 0.3) is 0 Å². The molecule has 0 heterocycles. The smallest absolute Gasteiger partial charge is 0.304 e. The van der Waals surface area contributed by atoms with Crippen molar-refractivity contribution in [1.29, 1.82) is 0 Å². The fourth-order valence-corrected chi connectivity index (χ4v) is 4.15. The summed E-state index contributed by atoms with van der Waals surface area (Å²) in [6.45, 7) is 4.40. The SMILES string of the molecule is CC(C)NC(=O)[C@@H](C)N(Cc1ccc(F)cc1)C(=O)CN(c1ccc(F)cc1)S(=O)(=O)N(C)C. The van der Waals surface area contributed by atoms with Gasteiger partial charge in [-0.1, -0.05) is 12.1 Å². The van der Waals surface area contributed by atoms with Gasteiger partial charge in [0, 0.05) is 26.7 Å². The number of carbonyl (C=O) groups is 2. The molecule has 0 spiro atoms. The second kappa shape index (κ2) is 11.4. The lowest BCUT2D eigenvalue weighted by Gasteiger charge is -2.33. The largest absolute Gasteiger partial charge is 0.352 e. The number of benzene rings is 2. The molecule has 0 aliphatic carbocycles. The van der Waals surface area contributed by atoms with Gasteiger partial charge in [0.2, 0.25) is 11.8 Å². The Morgan fingerprint density at radius 1 is 0.912 bits per heavy atom. The minimum atomic E-state index is -4.13. The van der Waals surface area contributed by atoms with Crippen molar-refractivity contribution in [3.63, 3.8) is 0 Å². The van der Waals surface area contributed by atoms with E-state index in [4.69, 9.17) is 0 Å². The highest BCUT2D eigenvalue weighted by Gasteiger charge is 2.32. The van der Waals surface area contributed by atoms with Gasteiger partial charge in [-0.25, -0.2) is 13.1 Å². The molecule has 2 aromatic rings. The normalized spacial score (nSPS) is 12.5. The molecule has 2 rings (SSSR count). The predicted molar refractivity (Wildman–Crippen MR) is 126 cm³/mol. The van der Waals surface area contributed by atoms with Gasteiger partial charge in [-0.15, -0.1) is 0 Å². The Balaban J connectivity index is 2.43. The van der Waals surface area contributed by atoms with E-state index in [0.717, 1.165) is 20.7 Å². The van der Waals surface area contributed by atoms with E-state index >= 15 is 0 Å². The van der Waals surface area contributed by atoms with Gasteiger partial charge in [-0.3, -0.25) is 9.59 Å². The van der Waals surface area contributed by atoms with Crippen LogP contribution in [-0.4, -0.2) is 62.2 Å².